The van der Waals surface area contributed by atoms with Crippen LogP contribution in [0.15, 0.2) is 18.2 Å². The van der Waals surface area contributed by atoms with Gasteiger partial charge in [-0.05, 0) is 18.2 Å². The molecule has 1 aromatic rings. The van der Waals surface area contributed by atoms with Crippen molar-refractivity contribution in [2.45, 2.75) is 6.18 Å². The van der Waals surface area contributed by atoms with E-state index in [0.717, 1.165) is 0 Å². The minimum atomic E-state index is -4.68. The van der Waals surface area contributed by atoms with Gasteiger partial charge in [-0.15, -0.1) is 12.6 Å². The summed E-state index contributed by atoms with van der Waals surface area (Å²) in [6.45, 7) is 0. The van der Waals surface area contributed by atoms with Gasteiger partial charge in [0.15, 0.2) is 0 Å². The number of alkyl halides is 3. The molecule has 0 aliphatic heterocycles. The van der Waals surface area contributed by atoms with E-state index in [9.17, 15) is 22.4 Å². The average Bonchev–Trinajstić information content (AvgIpc) is 2.01. The summed E-state index contributed by atoms with van der Waals surface area (Å²) in [4.78, 5) is 10.7. The van der Waals surface area contributed by atoms with Crippen LogP contribution in [0.3, 0.4) is 0 Å². The van der Waals surface area contributed by atoms with Crippen LogP contribution in [0.4, 0.5) is 17.6 Å². The third-order valence-corrected chi connectivity index (χ3v) is 1.76. The fourth-order valence-corrected chi connectivity index (χ4v) is 1.13. The molecule has 0 bridgehead atoms. The maximum Gasteiger partial charge on any atom is 0.417 e. The number of halogens is 4. The number of benzene rings is 1. The molecule has 76 valence electrons. The maximum absolute atomic E-state index is 12.5. The first-order valence-electron chi connectivity index (χ1n) is 3.42. The fraction of sp³-hybridized carbons (Fsp3) is 0.125. The standard InChI is InChI=1S/C8H4F4OS/c9-4-1-2-6(8(10,11)12)5(3-4)7(13)14/h1-3H,(H,13,14). The molecule has 14 heavy (non-hydrogen) atoms. The quantitative estimate of drug-likeness (QED) is 0.573. The molecule has 0 aliphatic rings. The van der Waals surface area contributed by atoms with Crippen molar-refractivity contribution in [2.75, 3.05) is 0 Å². The molecule has 0 aromatic heterocycles. The van der Waals surface area contributed by atoms with Crippen molar-refractivity contribution >= 4 is 17.7 Å². The topological polar surface area (TPSA) is 17.1 Å². The number of rotatable bonds is 1. The molecule has 0 saturated carbocycles. The lowest BCUT2D eigenvalue weighted by Gasteiger charge is -2.09. The Balaban J connectivity index is 3.37. The second-order valence-electron chi connectivity index (χ2n) is 2.49. The zero-order valence-electron chi connectivity index (χ0n) is 6.60. The van der Waals surface area contributed by atoms with Crippen LogP contribution in [-0.4, -0.2) is 5.12 Å². The van der Waals surface area contributed by atoms with Crippen molar-refractivity contribution < 1.29 is 22.4 Å². The summed E-state index contributed by atoms with van der Waals surface area (Å²) < 4.78 is 49.2. The number of hydrogen-bond acceptors (Lipinski definition) is 1. The van der Waals surface area contributed by atoms with E-state index in [2.05, 4.69) is 12.6 Å². The molecule has 0 saturated heterocycles. The Morgan fingerprint density at radius 3 is 2.29 bits per heavy atom. The number of thiol groups is 1. The van der Waals surface area contributed by atoms with Crippen molar-refractivity contribution in [1.82, 2.24) is 0 Å². The first-order valence-corrected chi connectivity index (χ1v) is 3.87. The van der Waals surface area contributed by atoms with Gasteiger partial charge in [-0.1, -0.05) is 0 Å². The van der Waals surface area contributed by atoms with E-state index in [1.54, 1.807) is 0 Å². The lowest BCUT2D eigenvalue weighted by atomic mass is 10.1. The van der Waals surface area contributed by atoms with E-state index < -0.39 is 28.2 Å². The lowest BCUT2D eigenvalue weighted by Crippen LogP contribution is -2.11. The summed E-state index contributed by atoms with van der Waals surface area (Å²) in [7, 11) is 0. The lowest BCUT2D eigenvalue weighted by molar-refractivity contribution is -0.137. The summed E-state index contributed by atoms with van der Waals surface area (Å²) >= 11 is 3.23. The Labute approximate surface area is 82.1 Å². The van der Waals surface area contributed by atoms with E-state index in [1.807, 2.05) is 0 Å². The van der Waals surface area contributed by atoms with Crippen LogP contribution in [0.2, 0.25) is 0 Å². The Bertz CT molecular complexity index is 372. The summed E-state index contributed by atoms with van der Waals surface area (Å²) in [5.74, 6) is -0.907. The van der Waals surface area contributed by atoms with Crippen molar-refractivity contribution in [2.24, 2.45) is 0 Å². The highest BCUT2D eigenvalue weighted by Crippen LogP contribution is 2.32. The minimum absolute atomic E-state index is 0.512. The average molecular weight is 224 g/mol. The molecule has 0 unspecified atom stereocenters. The predicted molar refractivity (Wildman–Crippen MR) is 44.7 cm³/mol. The molecule has 6 heteroatoms. The van der Waals surface area contributed by atoms with E-state index in [1.165, 1.54) is 0 Å². The molecule has 0 aliphatic carbocycles. The number of hydrogen-bond donors (Lipinski definition) is 1. The van der Waals surface area contributed by atoms with Crippen molar-refractivity contribution in [3.8, 4) is 0 Å². The second-order valence-corrected chi connectivity index (χ2v) is 2.90. The van der Waals surface area contributed by atoms with Crippen LogP contribution < -0.4 is 0 Å². The summed E-state index contributed by atoms with van der Waals surface area (Å²) in [5.41, 5.74) is -1.96. The van der Waals surface area contributed by atoms with Crippen molar-refractivity contribution in [3.63, 3.8) is 0 Å². The van der Waals surface area contributed by atoms with Gasteiger partial charge in [0.25, 0.3) is 0 Å². The third kappa shape index (κ3) is 2.25. The van der Waals surface area contributed by atoms with E-state index >= 15 is 0 Å². The Hall–Kier alpha value is -1.04. The largest absolute Gasteiger partial charge is 0.417 e. The van der Waals surface area contributed by atoms with Gasteiger partial charge >= 0.3 is 6.18 Å². The van der Waals surface area contributed by atoms with Gasteiger partial charge in [0, 0.05) is 5.56 Å². The highest BCUT2D eigenvalue weighted by Gasteiger charge is 2.34. The summed E-state index contributed by atoms with van der Waals surface area (Å²) in [5, 5.41) is -1.11. The van der Waals surface area contributed by atoms with Gasteiger partial charge in [0.05, 0.1) is 5.56 Å². The Kier molecular flexibility index (Phi) is 2.84. The molecule has 1 aromatic carbocycles. The van der Waals surface area contributed by atoms with Gasteiger partial charge < -0.3 is 0 Å². The minimum Gasteiger partial charge on any atom is -0.282 e. The van der Waals surface area contributed by atoms with E-state index in [0.29, 0.717) is 18.2 Å². The molecule has 1 nitrogen and oxygen atoms in total. The molecule has 1 rings (SSSR count). The van der Waals surface area contributed by atoms with Crippen molar-refractivity contribution in [3.05, 3.63) is 35.1 Å². The van der Waals surface area contributed by atoms with E-state index in [4.69, 9.17) is 0 Å². The first kappa shape index (κ1) is 11.0. The predicted octanol–water partition coefficient (Wildman–Crippen LogP) is 2.91. The smallest absolute Gasteiger partial charge is 0.282 e. The van der Waals surface area contributed by atoms with Gasteiger partial charge in [-0.25, -0.2) is 4.39 Å². The Morgan fingerprint density at radius 2 is 1.86 bits per heavy atom. The van der Waals surface area contributed by atoms with Crippen LogP contribution in [0.5, 0.6) is 0 Å². The summed E-state index contributed by atoms with van der Waals surface area (Å²) in [6.07, 6.45) is -4.68. The monoisotopic (exact) mass is 224 g/mol. The zero-order valence-corrected chi connectivity index (χ0v) is 7.49. The molecule has 0 radical (unpaired) electrons. The van der Waals surface area contributed by atoms with Crippen LogP contribution in [0, 0.1) is 5.82 Å². The van der Waals surface area contributed by atoms with E-state index in [-0.39, 0.29) is 0 Å². The molecule has 0 heterocycles. The second kappa shape index (κ2) is 3.61. The molecule has 0 amide bonds. The SMILES string of the molecule is O=C(S)c1cc(F)ccc1C(F)(F)F. The molecular formula is C8H4F4OS. The molecule has 0 N–H and O–H groups in total. The van der Waals surface area contributed by atoms with Crippen LogP contribution in [-0.2, 0) is 6.18 Å². The fourth-order valence-electron chi connectivity index (χ4n) is 0.941. The molecular weight excluding hydrogens is 220 g/mol. The van der Waals surface area contributed by atoms with Crippen molar-refractivity contribution in [1.29, 1.82) is 0 Å². The highest BCUT2D eigenvalue weighted by molar-refractivity contribution is 7.97. The van der Waals surface area contributed by atoms with Crippen LogP contribution in [0.1, 0.15) is 15.9 Å². The Morgan fingerprint density at radius 1 is 1.29 bits per heavy atom. The molecule has 0 atom stereocenters. The third-order valence-electron chi connectivity index (χ3n) is 1.52. The molecule has 0 spiro atoms. The highest BCUT2D eigenvalue weighted by atomic mass is 32.1. The van der Waals surface area contributed by atoms with Crippen LogP contribution in [0.25, 0.3) is 0 Å². The van der Waals surface area contributed by atoms with Gasteiger partial charge in [0.2, 0.25) is 5.12 Å². The number of carbonyl (C=O) groups is 1. The number of carbonyl (C=O) groups excluding carboxylic acids is 1. The zero-order chi connectivity index (χ0) is 10.9. The molecule has 0 fully saturated rings. The summed E-state index contributed by atoms with van der Waals surface area (Å²) in [6, 6.07) is 1.67. The normalized spacial score (nSPS) is 11.5. The van der Waals surface area contributed by atoms with Gasteiger partial charge in [-0.2, -0.15) is 13.2 Å². The first-order chi connectivity index (χ1) is 6.32. The van der Waals surface area contributed by atoms with Crippen LogP contribution >= 0.6 is 12.6 Å². The maximum atomic E-state index is 12.5. The van der Waals surface area contributed by atoms with Gasteiger partial charge in [0.1, 0.15) is 5.82 Å². The van der Waals surface area contributed by atoms with Gasteiger partial charge in [-0.3, -0.25) is 4.79 Å².